The molecule has 3 nitrogen and oxygen atoms in total. The summed E-state index contributed by atoms with van der Waals surface area (Å²) in [5.74, 6) is -0.652. The molecule has 2 aromatic rings. The predicted molar refractivity (Wildman–Crippen MR) is 74.6 cm³/mol. The fourth-order valence-corrected chi connectivity index (χ4v) is 1.71. The molecule has 0 saturated carbocycles. The van der Waals surface area contributed by atoms with Crippen LogP contribution in [0.5, 0.6) is 0 Å². The molecule has 20 heavy (non-hydrogen) atoms. The molecule has 2 aromatic carbocycles. The molecule has 0 fully saturated rings. The van der Waals surface area contributed by atoms with Crippen LogP contribution < -0.4 is 5.32 Å². The molecule has 0 saturated heterocycles. The second-order valence-electron chi connectivity index (χ2n) is 4.42. The summed E-state index contributed by atoms with van der Waals surface area (Å²) in [6, 6.07) is 15.1. The number of carbonyl (C=O) groups excluding carboxylic acids is 1. The molecule has 1 N–H and O–H groups in total. The molecule has 0 aliphatic rings. The van der Waals surface area contributed by atoms with Crippen LogP contribution in [0.15, 0.2) is 54.6 Å². The summed E-state index contributed by atoms with van der Waals surface area (Å²) in [6.07, 6.45) is -0.423. The number of ether oxygens (including phenoxy) is 1. The van der Waals surface area contributed by atoms with E-state index in [4.69, 9.17) is 4.74 Å². The van der Waals surface area contributed by atoms with Crippen molar-refractivity contribution >= 4 is 5.91 Å². The van der Waals surface area contributed by atoms with Gasteiger partial charge in [-0.15, -0.1) is 0 Å². The van der Waals surface area contributed by atoms with Crippen molar-refractivity contribution in [2.75, 3.05) is 0 Å². The first kappa shape index (κ1) is 14.2. The molecule has 0 bridgehead atoms. The van der Waals surface area contributed by atoms with Gasteiger partial charge in [0, 0.05) is 5.56 Å². The van der Waals surface area contributed by atoms with Gasteiger partial charge in [0.05, 0.1) is 6.61 Å². The van der Waals surface area contributed by atoms with Gasteiger partial charge in [-0.2, -0.15) is 0 Å². The van der Waals surface area contributed by atoms with Gasteiger partial charge < -0.3 is 10.1 Å². The van der Waals surface area contributed by atoms with Gasteiger partial charge in [0.15, 0.2) is 0 Å². The Balaban J connectivity index is 1.83. The number of amides is 1. The summed E-state index contributed by atoms with van der Waals surface area (Å²) in [5.41, 5.74) is 1.44. The molecule has 0 radical (unpaired) electrons. The molecular weight excluding hydrogens is 257 g/mol. The molecule has 1 atom stereocenters. The van der Waals surface area contributed by atoms with Crippen molar-refractivity contribution in [3.8, 4) is 0 Å². The highest BCUT2D eigenvalue weighted by Crippen LogP contribution is 2.05. The summed E-state index contributed by atoms with van der Waals surface area (Å²) in [7, 11) is 0. The minimum atomic E-state index is -0.423. The Hall–Kier alpha value is -2.20. The van der Waals surface area contributed by atoms with E-state index in [1.807, 2.05) is 30.3 Å². The summed E-state index contributed by atoms with van der Waals surface area (Å²) in [5, 5.41) is 2.70. The van der Waals surface area contributed by atoms with E-state index in [0.717, 1.165) is 5.56 Å². The van der Waals surface area contributed by atoms with Crippen molar-refractivity contribution < 1.29 is 13.9 Å². The SMILES string of the molecule is CC(NC(=O)c1ccc(F)cc1)OCc1ccccc1. The van der Waals surface area contributed by atoms with Crippen LogP contribution >= 0.6 is 0 Å². The maximum absolute atomic E-state index is 12.8. The van der Waals surface area contributed by atoms with Gasteiger partial charge in [-0.05, 0) is 36.8 Å². The number of halogens is 1. The van der Waals surface area contributed by atoms with Gasteiger partial charge in [-0.3, -0.25) is 4.79 Å². The van der Waals surface area contributed by atoms with Gasteiger partial charge >= 0.3 is 0 Å². The van der Waals surface area contributed by atoms with Crippen LogP contribution in [-0.2, 0) is 11.3 Å². The lowest BCUT2D eigenvalue weighted by molar-refractivity contribution is 0.0285. The van der Waals surface area contributed by atoms with E-state index >= 15 is 0 Å². The highest BCUT2D eigenvalue weighted by molar-refractivity contribution is 5.94. The lowest BCUT2D eigenvalue weighted by Crippen LogP contribution is -2.34. The van der Waals surface area contributed by atoms with Crippen LogP contribution in [0.2, 0.25) is 0 Å². The summed E-state index contributed by atoms with van der Waals surface area (Å²) < 4.78 is 18.3. The number of hydrogen-bond donors (Lipinski definition) is 1. The van der Waals surface area contributed by atoms with Crippen LogP contribution in [-0.4, -0.2) is 12.1 Å². The van der Waals surface area contributed by atoms with E-state index in [1.165, 1.54) is 24.3 Å². The number of nitrogens with one attached hydrogen (secondary N) is 1. The fraction of sp³-hybridized carbons (Fsp3) is 0.188. The molecule has 1 amide bonds. The van der Waals surface area contributed by atoms with Crippen LogP contribution in [0.4, 0.5) is 4.39 Å². The topological polar surface area (TPSA) is 38.3 Å². The Morgan fingerprint density at radius 2 is 1.80 bits per heavy atom. The zero-order valence-corrected chi connectivity index (χ0v) is 11.2. The maximum atomic E-state index is 12.8. The van der Waals surface area contributed by atoms with E-state index in [1.54, 1.807) is 6.92 Å². The second kappa shape index (κ2) is 6.82. The molecule has 0 spiro atoms. The lowest BCUT2D eigenvalue weighted by atomic mass is 10.2. The van der Waals surface area contributed by atoms with Crippen molar-refractivity contribution in [3.63, 3.8) is 0 Å². The van der Waals surface area contributed by atoms with Crippen LogP contribution in [0.3, 0.4) is 0 Å². The summed E-state index contributed by atoms with van der Waals surface area (Å²) in [6.45, 7) is 2.18. The van der Waals surface area contributed by atoms with Gasteiger partial charge in [0.2, 0.25) is 0 Å². The molecule has 0 aromatic heterocycles. The fourth-order valence-electron chi connectivity index (χ4n) is 1.71. The Morgan fingerprint density at radius 1 is 1.15 bits per heavy atom. The average Bonchev–Trinajstić information content (AvgIpc) is 2.47. The van der Waals surface area contributed by atoms with Crippen molar-refractivity contribution in [2.24, 2.45) is 0 Å². The van der Waals surface area contributed by atoms with Crippen molar-refractivity contribution in [2.45, 2.75) is 19.8 Å². The van der Waals surface area contributed by atoms with Crippen molar-refractivity contribution in [1.29, 1.82) is 0 Å². The standard InChI is InChI=1S/C16H16FNO2/c1-12(20-11-13-5-3-2-4-6-13)18-16(19)14-7-9-15(17)10-8-14/h2-10,12H,11H2,1H3,(H,18,19). The van der Waals surface area contributed by atoms with Crippen LogP contribution in [0.25, 0.3) is 0 Å². The van der Waals surface area contributed by atoms with E-state index in [-0.39, 0.29) is 11.7 Å². The first-order chi connectivity index (χ1) is 9.65. The van der Waals surface area contributed by atoms with Gasteiger partial charge in [0.25, 0.3) is 5.91 Å². The largest absolute Gasteiger partial charge is 0.354 e. The van der Waals surface area contributed by atoms with Gasteiger partial charge in [-0.25, -0.2) is 4.39 Å². The minimum Gasteiger partial charge on any atom is -0.354 e. The number of rotatable bonds is 5. The highest BCUT2D eigenvalue weighted by atomic mass is 19.1. The molecule has 0 aliphatic heterocycles. The minimum absolute atomic E-state index is 0.287. The first-order valence-corrected chi connectivity index (χ1v) is 6.37. The maximum Gasteiger partial charge on any atom is 0.253 e. The quantitative estimate of drug-likeness (QED) is 0.850. The first-order valence-electron chi connectivity index (χ1n) is 6.37. The Morgan fingerprint density at radius 3 is 2.45 bits per heavy atom. The normalized spacial score (nSPS) is 11.9. The van der Waals surface area contributed by atoms with Crippen LogP contribution in [0, 0.1) is 5.82 Å². The smallest absolute Gasteiger partial charge is 0.253 e. The summed E-state index contributed by atoms with van der Waals surface area (Å²) in [4.78, 5) is 11.9. The van der Waals surface area contributed by atoms with E-state index in [2.05, 4.69) is 5.32 Å². The molecular formula is C16H16FNO2. The Labute approximate surface area is 117 Å². The van der Waals surface area contributed by atoms with Crippen LogP contribution in [0.1, 0.15) is 22.8 Å². The monoisotopic (exact) mass is 273 g/mol. The lowest BCUT2D eigenvalue weighted by Gasteiger charge is -2.15. The number of carbonyl (C=O) groups is 1. The highest BCUT2D eigenvalue weighted by Gasteiger charge is 2.09. The number of hydrogen-bond acceptors (Lipinski definition) is 2. The van der Waals surface area contributed by atoms with Crippen molar-refractivity contribution in [3.05, 3.63) is 71.5 Å². The molecule has 4 heteroatoms. The van der Waals surface area contributed by atoms with Crippen molar-refractivity contribution in [1.82, 2.24) is 5.32 Å². The van der Waals surface area contributed by atoms with Gasteiger partial charge in [0.1, 0.15) is 12.0 Å². The second-order valence-corrected chi connectivity index (χ2v) is 4.42. The molecule has 2 rings (SSSR count). The number of benzene rings is 2. The van der Waals surface area contributed by atoms with Gasteiger partial charge in [-0.1, -0.05) is 30.3 Å². The Bertz CT molecular complexity index is 554. The third-order valence-electron chi connectivity index (χ3n) is 2.78. The predicted octanol–water partition coefficient (Wildman–Crippen LogP) is 3.12. The molecule has 1 unspecified atom stereocenters. The zero-order valence-electron chi connectivity index (χ0n) is 11.2. The molecule has 104 valence electrons. The third kappa shape index (κ3) is 4.17. The van der Waals surface area contributed by atoms with E-state index in [9.17, 15) is 9.18 Å². The third-order valence-corrected chi connectivity index (χ3v) is 2.78. The Kier molecular flexibility index (Phi) is 4.85. The average molecular weight is 273 g/mol. The molecule has 0 heterocycles. The summed E-state index contributed by atoms with van der Waals surface area (Å²) >= 11 is 0. The molecule has 0 aliphatic carbocycles. The van der Waals surface area contributed by atoms with E-state index < -0.39 is 6.23 Å². The zero-order chi connectivity index (χ0) is 14.4. The van der Waals surface area contributed by atoms with E-state index in [0.29, 0.717) is 12.2 Å².